The Bertz CT molecular complexity index is 894. The Hall–Kier alpha value is -2.25. The van der Waals surface area contributed by atoms with Crippen molar-refractivity contribution in [2.75, 3.05) is 5.32 Å². The van der Waals surface area contributed by atoms with Crippen molar-refractivity contribution in [3.63, 3.8) is 0 Å². The normalized spacial score (nSPS) is 11.0. The van der Waals surface area contributed by atoms with Gasteiger partial charge < -0.3 is 0 Å². The number of rotatable bonds is 4. The molecule has 1 amide bonds. The number of hydrogen-bond acceptors (Lipinski definition) is 5. The number of nitrogens with zero attached hydrogens (tertiary/aromatic N) is 1. The van der Waals surface area contributed by atoms with E-state index in [1.165, 1.54) is 11.3 Å². The standard InChI is InChI=1S/C15H12N2O3S2/c18-14(11-4-2-1-3-5-11)17-15-16-12-7-6-10(9-22(19)20)8-13(12)21-15/h1-8,22H,9H2,(H,16,17,18). The first kappa shape index (κ1) is 14.7. The quantitative estimate of drug-likeness (QED) is 0.720. The monoisotopic (exact) mass is 332 g/mol. The highest BCUT2D eigenvalue weighted by Gasteiger charge is 2.10. The summed E-state index contributed by atoms with van der Waals surface area (Å²) in [6.45, 7) is 0. The third kappa shape index (κ3) is 3.32. The van der Waals surface area contributed by atoms with Gasteiger partial charge in [0.05, 0.1) is 16.0 Å². The maximum atomic E-state index is 12.1. The zero-order valence-corrected chi connectivity index (χ0v) is 13.1. The van der Waals surface area contributed by atoms with Crippen LogP contribution in [0.4, 0.5) is 5.13 Å². The van der Waals surface area contributed by atoms with E-state index in [4.69, 9.17) is 0 Å². The molecule has 0 atom stereocenters. The third-order valence-corrected chi connectivity index (χ3v) is 4.58. The van der Waals surface area contributed by atoms with Crippen LogP contribution >= 0.6 is 11.3 Å². The van der Waals surface area contributed by atoms with Gasteiger partial charge in [-0.3, -0.25) is 10.1 Å². The summed E-state index contributed by atoms with van der Waals surface area (Å²) in [6.07, 6.45) is 0. The zero-order chi connectivity index (χ0) is 15.5. The van der Waals surface area contributed by atoms with Gasteiger partial charge in [0.2, 0.25) is 0 Å². The lowest BCUT2D eigenvalue weighted by Crippen LogP contribution is -2.11. The summed E-state index contributed by atoms with van der Waals surface area (Å²) in [5, 5.41) is 3.25. The van der Waals surface area contributed by atoms with Gasteiger partial charge in [-0.25, -0.2) is 13.4 Å². The average Bonchev–Trinajstić information content (AvgIpc) is 2.89. The van der Waals surface area contributed by atoms with Crippen LogP contribution in [-0.4, -0.2) is 19.3 Å². The van der Waals surface area contributed by atoms with E-state index in [-0.39, 0.29) is 11.7 Å². The number of amides is 1. The van der Waals surface area contributed by atoms with Crippen molar-refractivity contribution in [1.82, 2.24) is 4.98 Å². The number of nitrogens with one attached hydrogen (secondary N) is 1. The average molecular weight is 332 g/mol. The molecule has 5 nitrogen and oxygen atoms in total. The molecule has 3 rings (SSSR count). The number of carbonyl (C=O) groups is 1. The summed E-state index contributed by atoms with van der Waals surface area (Å²) in [5.41, 5.74) is 2.01. The Morgan fingerprint density at radius 2 is 1.91 bits per heavy atom. The van der Waals surface area contributed by atoms with Gasteiger partial charge in [0.25, 0.3) is 5.91 Å². The SMILES string of the molecule is O=C(Nc1nc2ccc(C[SH](=O)=O)cc2s1)c1ccccc1. The highest BCUT2D eigenvalue weighted by molar-refractivity contribution is 7.71. The van der Waals surface area contributed by atoms with Crippen LogP contribution in [0.3, 0.4) is 0 Å². The molecule has 3 aromatic rings. The first-order valence-corrected chi connectivity index (χ1v) is 8.67. The van der Waals surface area contributed by atoms with Gasteiger partial charge in [0.1, 0.15) is 10.7 Å². The van der Waals surface area contributed by atoms with E-state index < -0.39 is 10.7 Å². The fraction of sp³-hybridized carbons (Fsp3) is 0.0667. The van der Waals surface area contributed by atoms with Crippen molar-refractivity contribution in [2.45, 2.75) is 5.75 Å². The van der Waals surface area contributed by atoms with Crippen molar-refractivity contribution in [3.8, 4) is 0 Å². The molecule has 0 fully saturated rings. The molecular weight excluding hydrogens is 320 g/mol. The molecule has 0 bridgehead atoms. The van der Waals surface area contributed by atoms with Gasteiger partial charge in [-0.05, 0) is 29.8 Å². The molecule has 0 aliphatic heterocycles. The summed E-state index contributed by atoms with van der Waals surface area (Å²) in [7, 11) is -2.46. The van der Waals surface area contributed by atoms with Crippen LogP contribution in [0, 0.1) is 0 Å². The molecule has 112 valence electrons. The van der Waals surface area contributed by atoms with Crippen LogP contribution < -0.4 is 5.32 Å². The number of fused-ring (bicyclic) bond motifs is 1. The first-order valence-electron chi connectivity index (χ1n) is 6.49. The van der Waals surface area contributed by atoms with Gasteiger partial charge >= 0.3 is 0 Å². The first-order chi connectivity index (χ1) is 10.6. The van der Waals surface area contributed by atoms with Crippen LogP contribution in [-0.2, 0) is 16.5 Å². The number of benzene rings is 2. The molecular formula is C15H12N2O3S2. The minimum atomic E-state index is -2.46. The molecule has 0 aliphatic rings. The van der Waals surface area contributed by atoms with E-state index in [2.05, 4.69) is 10.3 Å². The Morgan fingerprint density at radius 3 is 2.64 bits per heavy atom. The van der Waals surface area contributed by atoms with Gasteiger partial charge in [0, 0.05) is 5.56 Å². The molecule has 1 heterocycles. The summed E-state index contributed by atoms with van der Waals surface area (Å²) in [6, 6.07) is 14.2. The minimum Gasteiger partial charge on any atom is -0.298 e. The Balaban J connectivity index is 1.84. The van der Waals surface area contributed by atoms with E-state index in [9.17, 15) is 13.2 Å². The van der Waals surface area contributed by atoms with Crippen molar-refractivity contribution < 1.29 is 13.2 Å². The van der Waals surface area contributed by atoms with E-state index in [0.29, 0.717) is 16.3 Å². The van der Waals surface area contributed by atoms with Gasteiger partial charge in [0.15, 0.2) is 5.13 Å². The molecule has 7 heteroatoms. The molecule has 0 aliphatic carbocycles. The van der Waals surface area contributed by atoms with E-state index >= 15 is 0 Å². The highest BCUT2D eigenvalue weighted by Crippen LogP contribution is 2.27. The second-order valence-electron chi connectivity index (χ2n) is 4.63. The topological polar surface area (TPSA) is 76.1 Å². The predicted octanol–water partition coefficient (Wildman–Crippen LogP) is 2.66. The Kier molecular flexibility index (Phi) is 4.17. The second-order valence-corrected chi connectivity index (χ2v) is 6.64. The fourth-order valence-corrected chi connectivity index (χ4v) is 3.45. The molecule has 0 saturated heterocycles. The van der Waals surface area contributed by atoms with Crippen molar-refractivity contribution in [1.29, 1.82) is 0 Å². The van der Waals surface area contributed by atoms with Crippen molar-refractivity contribution in [3.05, 3.63) is 59.7 Å². The van der Waals surface area contributed by atoms with Gasteiger partial charge in [-0.2, -0.15) is 0 Å². The number of thiol groups is 1. The third-order valence-electron chi connectivity index (χ3n) is 3.02. The number of carbonyl (C=O) groups excluding carboxylic acids is 1. The smallest absolute Gasteiger partial charge is 0.257 e. The number of hydrogen-bond donors (Lipinski definition) is 2. The van der Waals surface area contributed by atoms with E-state index in [1.807, 2.05) is 6.07 Å². The van der Waals surface area contributed by atoms with Crippen LogP contribution in [0.2, 0.25) is 0 Å². The lowest BCUT2D eigenvalue weighted by atomic mass is 10.2. The lowest BCUT2D eigenvalue weighted by Gasteiger charge is -2.00. The molecule has 0 unspecified atom stereocenters. The van der Waals surface area contributed by atoms with Crippen molar-refractivity contribution in [2.24, 2.45) is 0 Å². The fourth-order valence-electron chi connectivity index (χ4n) is 2.03. The zero-order valence-electron chi connectivity index (χ0n) is 11.4. The molecule has 0 radical (unpaired) electrons. The number of aromatic nitrogens is 1. The van der Waals surface area contributed by atoms with Crippen LogP contribution in [0.5, 0.6) is 0 Å². The maximum Gasteiger partial charge on any atom is 0.257 e. The van der Waals surface area contributed by atoms with Crippen molar-refractivity contribution >= 4 is 43.3 Å². The minimum absolute atomic E-state index is 0.00881. The molecule has 1 aromatic heterocycles. The molecule has 22 heavy (non-hydrogen) atoms. The summed E-state index contributed by atoms with van der Waals surface area (Å²) in [5.74, 6) is -0.211. The van der Waals surface area contributed by atoms with E-state index in [0.717, 1.165) is 10.2 Å². The summed E-state index contributed by atoms with van der Waals surface area (Å²) >= 11 is 1.32. The Labute approximate surface area is 132 Å². The van der Waals surface area contributed by atoms with Gasteiger partial charge in [-0.1, -0.05) is 35.6 Å². The van der Waals surface area contributed by atoms with E-state index in [1.54, 1.807) is 42.5 Å². The van der Waals surface area contributed by atoms with Crippen LogP contribution in [0.25, 0.3) is 10.2 Å². The predicted molar refractivity (Wildman–Crippen MR) is 88.0 cm³/mol. The second kappa shape index (κ2) is 6.25. The molecule has 2 aromatic carbocycles. The molecule has 0 saturated carbocycles. The molecule has 0 spiro atoms. The maximum absolute atomic E-state index is 12.1. The summed E-state index contributed by atoms with van der Waals surface area (Å²) < 4.78 is 22.4. The lowest BCUT2D eigenvalue weighted by molar-refractivity contribution is 0.102. The summed E-state index contributed by atoms with van der Waals surface area (Å²) in [4.78, 5) is 16.4. The number of anilines is 1. The number of thiazole rings is 1. The highest BCUT2D eigenvalue weighted by atomic mass is 32.2. The van der Waals surface area contributed by atoms with Crippen LogP contribution in [0.15, 0.2) is 48.5 Å². The largest absolute Gasteiger partial charge is 0.298 e. The van der Waals surface area contributed by atoms with Crippen LogP contribution in [0.1, 0.15) is 15.9 Å². The molecule has 1 N–H and O–H groups in total. The van der Waals surface area contributed by atoms with Gasteiger partial charge in [-0.15, -0.1) is 0 Å². The Morgan fingerprint density at radius 1 is 1.14 bits per heavy atom.